The number of hydrogen-bond donors (Lipinski definition) is 1. The minimum atomic E-state index is 0.0139. The maximum Gasteiger partial charge on any atom is 0.105 e. The first kappa shape index (κ1) is 6.88. The maximum absolute atomic E-state index is 8.09. The second-order valence-electron chi connectivity index (χ2n) is 0.952. The lowest BCUT2D eigenvalue weighted by molar-refractivity contribution is -0.294. The lowest BCUT2D eigenvalue weighted by Gasteiger charge is -1.95. The van der Waals surface area contributed by atoms with Gasteiger partial charge in [-0.15, -0.1) is 0 Å². The van der Waals surface area contributed by atoms with E-state index in [0.717, 1.165) is 0 Å². The summed E-state index contributed by atoms with van der Waals surface area (Å²) in [5.41, 5.74) is 0. The molecular weight excluding hydrogens is 96.0 g/mol. The van der Waals surface area contributed by atoms with E-state index in [4.69, 9.17) is 5.11 Å². The summed E-state index contributed by atoms with van der Waals surface area (Å²) in [4.78, 5) is 8.80. The van der Waals surface area contributed by atoms with Crippen LogP contribution in [0.4, 0.5) is 0 Å². The Bertz CT molecular complexity index is 26.1. The molecule has 0 saturated carbocycles. The molecule has 44 valence electrons. The molecule has 0 aromatic carbocycles. The van der Waals surface area contributed by atoms with E-state index in [1.807, 2.05) is 6.92 Å². The molecule has 0 heterocycles. The van der Waals surface area contributed by atoms with E-state index in [1.165, 1.54) is 0 Å². The third-order valence-electron chi connectivity index (χ3n) is 0.376. The van der Waals surface area contributed by atoms with Gasteiger partial charge in [0.25, 0.3) is 0 Å². The van der Waals surface area contributed by atoms with Crippen molar-refractivity contribution in [2.45, 2.75) is 6.92 Å². The number of aliphatic hydroxyl groups excluding tert-OH is 1. The lowest BCUT2D eigenvalue weighted by atomic mass is 10.8. The smallest absolute Gasteiger partial charge is 0.105 e. The highest BCUT2D eigenvalue weighted by atomic mass is 17.2. The normalized spacial score (nSPS) is 9.43. The van der Waals surface area contributed by atoms with Crippen molar-refractivity contribution in [1.82, 2.24) is 0 Å². The predicted molar refractivity (Wildman–Crippen MR) is 24.7 cm³/mol. The summed E-state index contributed by atoms with van der Waals surface area (Å²) in [6.07, 6.45) is 0. The molecule has 0 aliphatic carbocycles. The van der Waals surface area contributed by atoms with Gasteiger partial charge in [0.05, 0.1) is 13.2 Å². The fraction of sp³-hybridized carbons (Fsp3) is 1.00. The van der Waals surface area contributed by atoms with Crippen molar-refractivity contribution < 1.29 is 14.9 Å². The van der Waals surface area contributed by atoms with Crippen molar-refractivity contribution in [3.8, 4) is 0 Å². The van der Waals surface area contributed by atoms with Gasteiger partial charge in [0.1, 0.15) is 6.61 Å². The van der Waals surface area contributed by atoms with Crippen LogP contribution in [0.2, 0.25) is 0 Å². The van der Waals surface area contributed by atoms with Crippen LogP contribution < -0.4 is 0 Å². The number of hydrogen-bond acceptors (Lipinski definition) is 3. The molecule has 0 atom stereocenters. The van der Waals surface area contributed by atoms with Gasteiger partial charge in [0, 0.05) is 0 Å². The van der Waals surface area contributed by atoms with Crippen LogP contribution in [0.1, 0.15) is 6.92 Å². The number of aliphatic hydroxyl groups is 1. The Kier molecular flexibility index (Phi) is 5.78. The molecule has 0 unspecified atom stereocenters. The van der Waals surface area contributed by atoms with Crippen LogP contribution in [0.25, 0.3) is 0 Å². The fourth-order valence-electron chi connectivity index (χ4n) is 0.180. The summed E-state index contributed by atoms with van der Waals surface area (Å²) >= 11 is 0. The Hall–Kier alpha value is -0.120. The zero-order chi connectivity index (χ0) is 5.54. The van der Waals surface area contributed by atoms with Crippen LogP contribution in [0.15, 0.2) is 0 Å². The summed E-state index contributed by atoms with van der Waals surface area (Å²) in [5.74, 6) is 0. The third kappa shape index (κ3) is 5.88. The third-order valence-corrected chi connectivity index (χ3v) is 0.376. The van der Waals surface area contributed by atoms with Crippen LogP contribution >= 0.6 is 0 Å². The van der Waals surface area contributed by atoms with E-state index < -0.39 is 0 Å². The Morgan fingerprint density at radius 1 is 1.43 bits per heavy atom. The second-order valence-corrected chi connectivity index (χ2v) is 0.952. The molecule has 0 bridgehead atoms. The summed E-state index contributed by atoms with van der Waals surface area (Å²) in [6.45, 7) is 2.62. The standard InChI is InChI=1S/C4H10O3/c1-2-6-7-4-3-5/h5H,2-4H2,1H3. The largest absolute Gasteiger partial charge is 0.394 e. The van der Waals surface area contributed by atoms with Gasteiger partial charge in [-0.25, -0.2) is 9.78 Å². The molecule has 0 aromatic rings. The van der Waals surface area contributed by atoms with Gasteiger partial charge in [-0.1, -0.05) is 0 Å². The van der Waals surface area contributed by atoms with Crippen LogP contribution in [0.5, 0.6) is 0 Å². The highest BCUT2D eigenvalue weighted by Gasteiger charge is 1.78. The van der Waals surface area contributed by atoms with Gasteiger partial charge < -0.3 is 5.11 Å². The molecule has 0 rings (SSSR count). The quantitative estimate of drug-likeness (QED) is 0.310. The first-order valence-corrected chi connectivity index (χ1v) is 2.27. The summed E-state index contributed by atoms with van der Waals surface area (Å²) in [7, 11) is 0. The fourth-order valence-corrected chi connectivity index (χ4v) is 0.180. The zero-order valence-electron chi connectivity index (χ0n) is 4.39. The molecule has 3 nitrogen and oxygen atoms in total. The van der Waals surface area contributed by atoms with Gasteiger partial charge in [0.2, 0.25) is 0 Å². The molecule has 7 heavy (non-hydrogen) atoms. The van der Waals surface area contributed by atoms with Crippen molar-refractivity contribution in [1.29, 1.82) is 0 Å². The predicted octanol–water partition coefficient (Wildman–Crippen LogP) is -0.0532. The minimum absolute atomic E-state index is 0.0139. The van der Waals surface area contributed by atoms with E-state index >= 15 is 0 Å². The van der Waals surface area contributed by atoms with Crippen molar-refractivity contribution >= 4 is 0 Å². The van der Waals surface area contributed by atoms with Crippen molar-refractivity contribution in [2.24, 2.45) is 0 Å². The van der Waals surface area contributed by atoms with Gasteiger partial charge >= 0.3 is 0 Å². The molecule has 0 aliphatic heterocycles. The van der Waals surface area contributed by atoms with Crippen LogP contribution in [-0.4, -0.2) is 24.9 Å². The second kappa shape index (κ2) is 5.88. The van der Waals surface area contributed by atoms with Gasteiger partial charge in [-0.05, 0) is 6.92 Å². The Balaban J connectivity index is 2.45. The lowest BCUT2D eigenvalue weighted by Crippen LogP contribution is -1.99. The highest BCUT2D eigenvalue weighted by molar-refractivity contribution is 4.11. The van der Waals surface area contributed by atoms with Gasteiger partial charge in [-0.3, -0.25) is 0 Å². The van der Waals surface area contributed by atoms with E-state index in [0.29, 0.717) is 6.61 Å². The van der Waals surface area contributed by atoms with E-state index in [-0.39, 0.29) is 13.2 Å². The summed E-state index contributed by atoms with van der Waals surface area (Å²) in [6, 6.07) is 0. The summed E-state index contributed by atoms with van der Waals surface area (Å²) in [5, 5.41) is 8.09. The van der Waals surface area contributed by atoms with Crippen molar-refractivity contribution in [3.63, 3.8) is 0 Å². The van der Waals surface area contributed by atoms with E-state index in [1.54, 1.807) is 0 Å². The minimum Gasteiger partial charge on any atom is -0.394 e. The van der Waals surface area contributed by atoms with Crippen LogP contribution in [-0.2, 0) is 9.78 Å². The maximum atomic E-state index is 8.09. The molecule has 0 fully saturated rings. The Labute approximate surface area is 42.8 Å². The van der Waals surface area contributed by atoms with Gasteiger partial charge in [-0.2, -0.15) is 0 Å². The zero-order valence-corrected chi connectivity index (χ0v) is 4.39. The molecule has 1 N–H and O–H groups in total. The molecule has 3 heteroatoms. The highest BCUT2D eigenvalue weighted by Crippen LogP contribution is 1.73. The van der Waals surface area contributed by atoms with Crippen molar-refractivity contribution in [2.75, 3.05) is 19.8 Å². The van der Waals surface area contributed by atoms with Crippen molar-refractivity contribution in [3.05, 3.63) is 0 Å². The Morgan fingerprint density at radius 3 is 2.57 bits per heavy atom. The monoisotopic (exact) mass is 106 g/mol. The SMILES string of the molecule is CCOOCCO. The van der Waals surface area contributed by atoms with E-state index in [2.05, 4.69) is 9.78 Å². The number of rotatable bonds is 4. The first-order valence-electron chi connectivity index (χ1n) is 2.27. The molecule has 0 aromatic heterocycles. The Morgan fingerprint density at radius 2 is 2.14 bits per heavy atom. The molecule has 0 amide bonds. The molecule has 0 aliphatic rings. The van der Waals surface area contributed by atoms with Gasteiger partial charge in [0.15, 0.2) is 0 Å². The topological polar surface area (TPSA) is 38.7 Å². The molecule has 0 saturated heterocycles. The average molecular weight is 106 g/mol. The summed E-state index contributed by atoms with van der Waals surface area (Å²) < 4.78 is 0. The first-order chi connectivity index (χ1) is 3.41. The molecular formula is C4H10O3. The van der Waals surface area contributed by atoms with Crippen LogP contribution in [0, 0.1) is 0 Å². The molecule has 0 spiro atoms. The van der Waals surface area contributed by atoms with E-state index in [9.17, 15) is 0 Å². The van der Waals surface area contributed by atoms with Crippen LogP contribution in [0.3, 0.4) is 0 Å². The molecule has 0 radical (unpaired) electrons. The average Bonchev–Trinajstić information content (AvgIpc) is 1.69.